The van der Waals surface area contributed by atoms with Gasteiger partial charge in [0.1, 0.15) is 16.5 Å². The molecule has 3 rings (SSSR count). The molecule has 2 aromatic heterocycles. The first kappa shape index (κ1) is 21.5. The summed E-state index contributed by atoms with van der Waals surface area (Å²) in [6.07, 6.45) is 4.57. The highest BCUT2D eigenvalue weighted by Crippen LogP contribution is 2.27. The van der Waals surface area contributed by atoms with E-state index in [4.69, 9.17) is 0 Å². The van der Waals surface area contributed by atoms with Gasteiger partial charge in [0, 0.05) is 11.9 Å². The maximum atomic E-state index is 12.2. The van der Waals surface area contributed by atoms with E-state index in [-0.39, 0.29) is 5.91 Å². The fourth-order valence-corrected chi connectivity index (χ4v) is 4.76. The fourth-order valence-electron chi connectivity index (χ4n) is 2.98. The van der Waals surface area contributed by atoms with Gasteiger partial charge < -0.3 is 5.32 Å². The molecule has 0 saturated heterocycles. The molecule has 0 aliphatic heterocycles. The smallest absolute Gasteiger partial charge is 0.270 e. The topological polar surface area (TPSA) is 72.7 Å². The molecule has 0 saturated carbocycles. The number of nitrogens with zero attached hydrogens (tertiary/aromatic N) is 4. The molecule has 1 aromatic carbocycles. The van der Waals surface area contributed by atoms with E-state index in [0.29, 0.717) is 18.0 Å². The third-order valence-corrected chi connectivity index (χ3v) is 6.55. The summed E-state index contributed by atoms with van der Waals surface area (Å²) in [5.41, 5.74) is 2.75. The number of unbranched alkanes of at least 4 members (excludes halogenated alkanes) is 3. The lowest BCUT2D eigenvalue weighted by Crippen LogP contribution is -2.24. The van der Waals surface area contributed by atoms with Gasteiger partial charge >= 0.3 is 0 Å². The van der Waals surface area contributed by atoms with Crippen molar-refractivity contribution in [2.24, 2.45) is 0 Å². The molecule has 0 bridgehead atoms. The highest BCUT2D eigenvalue weighted by molar-refractivity contribution is 7.98. The van der Waals surface area contributed by atoms with E-state index < -0.39 is 0 Å². The quantitative estimate of drug-likeness (QED) is 0.365. The van der Waals surface area contributed by atoms with Crippen molar-refractivity contribution in [2.45, 2.75) is 57.4 Å². The summed E-state index contributed by atoms with van der Waals surface area (Å²) in [6, 6.07) is 8.20. The average Bonchev–Trinajstić information content (AvgIpc) is 3.33. The Labute approximate surface area is 180 Å². The number of hydrogen-bond acceptors (Lipinski definition) is 6. The van der Waals surface area contributed by atoms with Gasteiger partial charge in [-0.05, 0) is 31.9 Å². The minimum Gasteiger partial charge on any atom is -0.351 e. The SMILES string of the molecule is CCCCCCNC(=O)c1csc(CSc2nnc(C)n2-c2ccccc2C)n1. The number of para-hydroxylation sites is 1. The second kappa shape index (κ2) is 10.5. The summed E-state index contributed by atoms with van der Waals surface area (Å²) < 4.78 is 2.07. The molecular formula is C21H27N5OS2. The largest absolute Gasteiger partial charge is 0.351 e. The normalized spacial score (nSPS) is 11.0. The number of nitrogens with one attached hydrogen (secondary N) is 1. The van der Waals surface area contributed by atoms with Crippen molar-refractivity contribution in [1.82, 2.24) is 25.1 Å². The van der Waals surface area contributed by atoms with E-state index in [2.05, 4.69) is 51.0 Å². The third-order valence-electron chi connectivity index (χ3n) is 4.58. The van der Waals surface area contributed by atoms with E-state index in [9.17, 15) is 4.79 Å². The van der Waals surface area contributed by atoms with E-state index in [1.807, 2.05) is 24.4 Å². The Bertz CT molecular complexity index is 950. The van der Waals surface area contributed by atoms with Crippen LogP contribution in [0.4, 0.5) is 0 Å². The molecule has 0 aliphatic carbocycles. The van der Waals surface area contributed by atoms with Crippen molar-refractivity contribution in [2.75, 3.05) is 6.54 Å². The molecule has 6 nitrogen and oxygen atoms in total. The van der Waals surface area contributed by atoms with Crippen LogP contribution in [0.5, 0.6) is 0 Å². The number of aromatic nitrogens is 4. The zero-order valence-electron chi connectivity index (χ0n) is 17.1. The molecule has 0 spiro atoms. The first-order chi connectivity index (χ1) is 14.1. The number of benzene rings is 1. The molecule has 8 heteroatoms. The van der Waals surface area contributed by atoms with Crippen LogP contribution in [0.15, 0.2) is 34.8 Å². The van der Waals surface area contributed by atoms with Crippen LogP contribution < -0.4 is 5.32 Å². The average molecular weight is 430 g/mol. The number of aryl methyl sites for hydroxylation is 2. The van der Waals surface area contributed by atoms with Crippen molar-refractivity contribution in [3.63, 3.8) is 0 Å². The van der Waals surface area contributed by atoms with Crippen LogP contribution in [-0.2, 0) is 5.75 Å². The van der Waals surface area contributed by atoms with Gasteiger partial charge in [-0.2, -0.15) is 0 Å². The van der Waals surface area contributed by atoms with E-state index in [1.54, 1.807) is 11.8 Å². The van der Waals surface area contributed by atoms with Gasteiger partial charge in [0.2, 0.25) is 0 Å². The lowest BCUT2D eigenvalue weighted by molar-refractivity contribution is 0.0948. The number of rotatable bonds is 10. The first-order valence-electron chi connectivity index (χ1n) is 9.93. The fraction of sp³-hybridized carbons (Fsp3) is 0.429. The Kier molecular flexibility index (Phi) is 7.83. The van der Waals surface area contributed by atoms with Gasteiger partial charge in [0.15, 0.2) is 5.16 Å². The highest BCUT2D eigenvalue weighted by atomic mass is 32.2. The predicted octanol–water partition coefficient (Wildman–Crippen LogP) is 4.94. The number of thiazole rings is 1. The van der Waals surface area contributed by atoms with Crippen molar-refractivity contribution in [1.29, 1.82) is 0 Å². The Balaban J connectivity index is 1.59. The summed E-state index contributed by atoms with van der Waals surface area (Å²) in [5, 5.41) is 15.1. The van der Waals surface area contributed by atoms with Crippen LogP contribution >= 0.6 is 23.1 Å². The van der Waals surface area contributed by atoms with Crippen LogP contribution in [0.2, 0.25) is 0 Å². The van der Waals surface area contributed by atoms with Crippen LogP contribution in [0, 0.1) is 13.8 Å². The molecule has 0 fully saturated rings. The zero-order chi connectivity index (χ0) is 20.6. The van der Waals surface area contributed by atoms with Gasteiger partial charge in [-0.25, -0.2) is 4.98 Å². The van der Waals surface area contributed by atoms with Gasteiger partial charge in [-0.3, -0.25) is 9.36 Å². The van der Waals surface area contributed by atoms with E-state index in [0.717, 1.165) is 34.5 Å². The summed E-state index contributed by atoms with van der Waals surface area (Å²) in [7, 11) is 0. The zero-order valence-corrected chi connectivity index (χ0v) is 18.8. The van der Waals surface area contributed by atoms with Gasteiger partial charge in [-0.1, -0.05) is 56.1 Å². The second-order valence-corrected chi connectivity index (χ2v) is 8.77. The molecule has 0 unspecified atom stereocenters. The summed E-state index contributed by atoms with van der Waals surface area (Å²) in [6.45, 7) is 6.92. The highest BCUT2D eigenvalue weighted by Gasteiger charge is 2.15. The molecule has 1 N–H and O–H groups in total. The van der Waals surface area contributed by atoms with Crippen LogP contribution in [-0.4, -0.2) is 32.2 Å². The Morgan fingerprint density at radius 3 is 2.79 bits per heavy atom. The Morgan fingerprint density at radius 1 is 1.17 bits per heavy atom. The standard InChI is InChI=1S/C21H27N5OS2/c1-4-5-6-9-12-22-20(27)17-13-28-19(23-17)14-29-21-25-24-16(3)26(21)18-11-8-7-10-15(18)2/h7-8,10-11,13H,4-6,9,12,14H2,1-3H3,(H,22,27). The van der Waals surface area contributed by atoms with Crippen molar-refractivity contribution < 1.29 is 4.79 Å². The first-order valence-corrected chi connectivity index (χ1v) is 11.8. The molecule has 0 aliphatic rings. The molecule has 0 radical (unpaired) electrons. The van der Waals surface area contributed by atoms with Gasteiger partial charge in [0.05, 0.1) is 11.4 Å². The molecular weight excluding hydrogens is 402 g/mol. The number of amides is 1. The minimum atomic E-state index is -0.0899. The number of carbonyl (C=O) groups is 1. The van der Waals surface area contributed by atoms with Crippen LogP contribution in [0.1, 0.15) is 59.5 Å². The summed E-state index contributed by atoms with van der Waals surface area (Å²) in [5.74, 6) is 1.41. The Morgan fingerprint density at radius 2 is 2.00 bits per heavy atom. The summed E-state index contributed by atoms with van der Waals surface area (Å²) in [4.78, 5) is 16.7. The maximum absolute atomic E-state index is 12.2. The van der Waals surface area contributed by atoms with Gasteiger partial charge in [0.25, 0.3) is 5.91 Å². The van der Waals surface area contributed by atoms with E-state index in [1.165, 1.54) is 29.7 Å². The third kappa shape index (κ3) is 5.67. The predicted molar refractivity (Wildman–Crippen MR) is 119 cm³/mol. The minimum absolute atomic E-state index is 0.0899. The molecule has 0 atom stereocenters. The molecule has 1 amide bonds. The van der Waals surface area contributed by atoms with E-state index >= 15 is 0 Å². The van der Waals surface area contributed by atoms with Crippen molar-refractivity contribution in [3.05, 3.63) is 51.7 Å². The lowest BCUT2D eigenvalue weighted by atomic mass is 10.2. The monoisotopic (exact) mass is 429 g/mol. The maximum Gasteiger partial charge on any atom is 0.270 e. The lowest BCUT2D eigenvalue weighted by Gasteiger charge is -2.10. The number of hydrogen-bond donors (Lipinski definition) is 1. The van der Waals surface area contributed by atoms with Crippen LogP contribution in [0.25, 0.3) is 5.69 Å². The Hall–Kier alpha value is -2.19. The van der Waals surface area contributed by atoms with Crippen molar-refractivity contribution >= 4 is 29.0 Å². The molecule has 154 valence electrons. The summed E-state index contributed by atoms with van der Waals surface area (Å²) >= 11 is 3.09. The number of thioether (sulfide) groups is 1. The van der Waals surface area contributed by atoms with Crippen LogP contribution in [0.3, 0.4) is 0 Å². The second-order valence-electron chi connectivity index (χ2n) is 6.88. The molecule has 3 aromatic rings. The van der Waals surface area contributed by atoms with Crippen molar-refractivity contribution in [3.8, 4) is 5.69 Å². The van der Waals surface area contributed by atoms with Gasteiger partial charge in [-0.15, -0.1) is 21.5 Å². The molecule has 2 heterocycles. The number of carbonyl (C=O) groups excluding carboxylic acids is 1. The molecule has 29 heavy (non-hydrogen) atoms.